The number of H-pyrrole nitrogens is 1. The lowest BCUT2D eigenvalue weighted by atomic mass is 10.1. The van der Waals surface area contributed by atoms with Gasteiger partial charge in [0.25, 0.3) is 0 Å². The molecular formula is C13H11N3S. The molecule has 84 valence electrons. The summed E-state index contributed by atoms with van der Waals surface area (Å²) in [6, 6.07) is 8.35. The maximum Gasteiger partial charge on any atom is 0.167 e. The quantitative estimate of drug-likeness (QED) is 0.746. The van der Waals surface area contributed by atoms with Crippen molar-refractivity contribution in [2.75, 3.05) is 0 Å². The Morgan fingerprint density at radius 2 is 2.18 bits per heavy atom. The maximum atomic E-state index is 4.36. The Morgan fingerprint density at radius 1 is 1.24 bits per heavy atom. The highest BCUT2D eigenvalue weighted by molar-refractivity contribution is 7.13. The molecule has 1 N–H and O–H groups in total. The van der Waals surface area contributed by atoms with Crippen LogP contribution in [0, 0.1) is 6.92 Å². The first kappa shape index (κ1) is 10.2. The van der Waals surface area contributed by atoms with Gasteiger partial charge in [-0.1, -0.05) is 23.8 Å². The van der Waals surface area contributed by atoms with Crippen LogP contribution < -0.4 is 0 Å². The summed E-state index contributed by atoms with van der Waals surface area (Å²) in [6.45, 7) is 2.08. The lowest BCUT2D eigenvalue weighted by molar-refractivity contribution is 1.27. The lowest BCUT2D eigenvalue weighted by Gasteiger charge is -1.98. The van der Waals surface area contributed by atoms with Crippen LogP contribution in [-0.2, 0) is 0 Å². The monoisotopic (exact) mass is 241 g/mol. The summed E-state index contributed by atoms with van der Waals surface area (Å²) in [5.74, 6) is 0.830. The zero-order valence-corrected chi connectivity index (χ0v) is 10.2. The third-order valence-electron chi connectivity index (χ3n) is 2.54. The van der Waals surface area contributed by atoms with Gasteiger partial charge in [-0.3, -0.25) is 0 Å². The molecule has 0 atom stereocenters. The summed E-state index contributed by atoms with van der Waals surface area (Å²) in [5.41, 5.74) is 3.42. The zero-order chi connectivity index (χ0) is 11.7. The van der Waals surface area contributed by atoms with Crippen LogP contribution in [0.4, 0.5) is 0 Å². The SMILES string of the molecule is Cc1cccc(-c2cnc(-c3nccs3)[nH]2)c1. The number of aromatic amines is 1. The molecule has 0 saturated carbocycles. The van der Waals surface area contributed by atoms with E-state index >= 15 is 0 Å². The first-order chi connectivity index (χ1) is 8.33. The van der Waals surface area contributed by atoms with Crippen LogP contribution >= 0.6 is 11.3 Å². The maximum absolute atomic E-state index is 4.36. The molecule has 0 spiro atoms. The molecule has 0 amide bonds. The van der Waals surface area contributed by atoms with Crippen molar-refractivity contribution in [1.29, 1.82) is 0 Å². The van der Waals surface area contributed by atoms with E-state index < -0.39 is 0 Å². The number of benzene rings is 1. The fraction of sp³-hybridized carbons (Fsp3) is 0.0769. The van der Waals surface area contributed by atoms with Gasteiger partial charge < -0.3 is 4.98 Å². The first-order valence-corrected chi connectivity index (χ1v) is 6.23. The van der Waals surface area contributed by atoms with Crippen molar-refractivity contribution in [1.82, 2.24) is 15.0 Å². The van der Waals surface area contributed by atoms with E-state index in [0.29, 0.717) is 0 Å². The molecule has 0 bridgehead atoms. The molecule has 0 saturated heterocycles. The van der Waals surface area contributed by atoms with Crippen molar-refractivity contribution in [2.24, 2.45) is 0 Å². The van der Waals surface area contributed by atoms with E-state index in [-0.39, 0.29) is 0 Å². The van der Waals surface area contributed by atoms with Crippen LogP contribution in [0.1, 0.15) is 5.56 Å². The number of nitrogens with one attached hydrogen (secondary N) is 1. The molecule has 1 aromatic carbocycles. The van der Waals surface area contributed by atoms with Crippen LogP contribution in [0.3, 0.4) is 0 Å². The van der Waals surface area contributed by atoms with Gasteiger partial charge in [0.05, 0.1) is 11.9 Å². The number of aromatic nitrogens is 3. The predicted molar refractivity (Wildman–Crippen MR) is 69.9 cm³/mol. The molecule has 2 aromatic heterocycles. The second kappa shape index (κ2) is 4.14. The van der Waals surface area contributed by atoms with E-state index in [1.807, 2.05) is 11.6 Å². The number of hydrogen-bond acceptors (Lipinski definition) is 3. The van der Waals surface area contributed by atoms with Gasteiger partial charge in [-0.15, -0.1) is 11.3 Å². The van der Waals surface area contributed by atoms with E-state index in [9.17, 15) is 0 Å². The molecule has 3 aromatic rings. The summed E-state index contributed by atoms with van der Waals surface area (Å²) in [4.78, 5) is 11.9. The summed E-state index contributed by atoms with van der Waals surface area (Å²) >= 11 is 1.58. The highest BCUT2D eigenvalue weighted by Crippen LogP contribution is 2.23. The summed E-state index contributed by atoms with van der Waals surface area (Å²) in [5, 5.41) is 2.87. The minimum atomic E-state index is 0.830. The van der Waals surface area contributed by atoms with Crippen LogP contribution in [0.25, 0.3) is 22.1 Å². The molecule has 3 rings (SSSR count). The molecule has 0 fully saturated rings. The topological polar surface area (TPSA) is 41.6 Å². The zero-order valence-electron chi connectivity index (χ0n) is 9.34. The largest absolute Gasteiger partial charge is 0.336 e. The molecule has 0 aliphatic carbocycles. The first-order valence-electron chi connectivity index (χ1n) is 5.35. The van der Waals surface area contributed by atoms with Gasteiger partial charge >= 0.3 is 0 Å². The van der Waals surface area contributed by atoms with Gasteiger partial charge in [-0.25, -0.2) is 9.97 Å². The van der Waals surface area contributed by atoms with Crippen molar-refractivity contribution in [3.8, 4) is 22.1 Å². The average molecular weight is 241 g/mol. The molecule has 0 unspecified atom stereocenters. The predicted octanol–water partition coefficient (Wildman–Crippen LogP) is 3.51. The highest BCUT2D eigenvalue weighted by atomic mass is 32.1. The number of rotatable bonds is 2. The Hall–Kier alpha value is -1.94. The molecule has 0 aliphatic heterocycles. The average Bonchev–Trinajstić information content (AvgIpc) is 3.00. The smallest absolute Gasteiger partial charge is 0.167 e. The number of aryl methyl sites for hydroxylation is 1. The van der Waals surface area contributed by atoms with Gasteiger partial charge in [-0.2, -0.15) is 0 Å². The van der Waals surface area contributed by atoms with E-state index in [0.717, 1.165) is 22.1 Å². The van der Waals surface area contributed by atoms with Gasteiger partial charge in [0.2, 0.25) is 0 Å². The summed E-state index contributed by atoms with van der Waals surface area (Å²) in [6.07, 6.45) is 3.64. The van der Waals surface area contributed by atoms with Crippen LogP contribution in [-0.4, -0.2) is 15.0 Å². The normalized spacial score (nSPS) is 10.6. The second-order valence-corrected chi connectivity index (χ2v) is 4.75. The fourth-order valence-corrected chi connectivity index (χ4v) is 2.32. The molecular weight excluding hydrogens is 230 g/mol. The molecule has 4 heteroatoms. The van der Waals surface area contributed by atoms with E-state index in [1.54, 1.807) is 17.5 Å². The third kappa shape index (κ3) is 1.99. The lowest BCUT2D eigenvalue weighted by Crippen LogP contribution is -1.80. The molecule has 0 aliphatic rings. The number of nitrogens with zero attached hydrogens (tertiary/aromatic N) is 2. The van der Waals surface area contributed by atoms with Crippen molar-refractivity contribution < 1.29 is 0 Å². The van der Waals surface area contributed by atoms with Crippen molar-refractivity contribution in [3.63, 3.8) is 0 Å². The molecule has 2 heterocycles. The Labute approximate surface area is 103 Å². The molecule has 3 nitrogen and oxygen atoms in total. The number of thiazole rings is 1. The van der Waals surface area contributed by atoms with Crippen molar-refractivity contribution in [2.45, 2.75) is 6.92 Å². The molecule has 17 heavy (non-hydrogen) atoms. The number of imidazole rings is 1. The second-order valence-electron chi connectivity index (χ2n) is 3.85. The van der Waals surface area contributed by atoms with Crippen molar-refractivity contribution >= 4 is 11.3 Å². The van der Waals surface area contributed by atoms with Crippen LogP contribution in [0.2, 0.25) is 0 Å². The van der Waals surface area contributed by atoms with Gasteiger partial charge in [-0.05, 0) is 18.6 Å². The van der Waals surface area contributed by atoms with Gasteiger partial charge in [0.15, 0.2) is 10.8 Å². The standard InChI is InChI=1S/C13H11N3S/c1-9-3-2-4-10(7-9)11-8-15-12(16-11)13-14-5-6-17-13/h2-8H,1H3,(H,15,16). The third-order valence-corrected chi connectivity index (χ3v) is 3.32. The Morgan fingerprint density at radius 3 is 2.94 bits per heavy atom. The fourth-order valence-electron chi connectivity index (χ4n) is 1.73. The number of hydrogen-bond donors (Lipinski definition) is 1. The Balaban J connectivity index is 2.01. The van der Waals surface area contributed by atoms with Crippen LogP contribution in [0.5, 0.6) is 0 Å². The van der Waals surface area contributed by atoms with Crippen LogP contribution in [0.15, 0.2) is 42.0 Å². The highest BCUT2D eigenvalue weighted by Gasteiger charge is 2.06. The minimum absolute atomic E-state index is 0.830. The summed E-state index contributed by atoms with van der Waals surface area (Å²) < 4.78 is 0. The van der Waals surface area contributed by atoms with Crippen molar-refractivity contribution in [3.05, 3.63) is 47.6 Å². The van der Waals surface area contributed by atoms with Gasteiger partial charge in [0, 0.05) is 11.6 Å². The van der Waals surface area contributed by atoms with E-state index in [2.05, 4.69) is 46.1 Å². The van der Waals surface area contributed by atoms with Gasteiger partial charge in [0.1, 0.15) is 0 Å². The van der Waals surface area contributed by atoms with E-state index in [4.69, 9.17) is 0 Å². The van der Waals surface area contributed by atoms with E-state index in [1.165, 1.54) is 5.56 Å². The minimum Gasteiger partial charge on any atom is -0.336 e. The Bertz CT molecular complexity index is 626. The Kier molecular flexibility index (Phi) is 2.49. The molecule has 0 radical (unpaired) electrons. The summed E-state index contributed by atoms with van der Waals surface area (Å²) in [7, 11) is 0.